The third-order valence-corrected chi connectivity index (χ3v) is 2.36. The van der Waals surface area contributed by atoms with Crippen LogP contribution in [-0.4, -0.2) is 10.2 Å². The minimum Gasteiger partial charge on any atom is -0.322 e. The molecule has 0 aliphatic rings. The molecule has 82 valence electrons. The van der Waals surface area contributed by atoms with E-state index in [9.17, 15) is 9.18 Å². The van der Waals surface area contributed by atoms with Crippen LogP contribution in [0, 0.1) is 12.7 Å². The zero-order valence-electron chi connectivity index (χ0n) is 8.90. The Bertz CT molecular complexity index is 364. The topological polar surface area (TPSA) is 29.1 Å². The highest BCUT2D eigenvalue weighted by Gasteiger charge is 2.24. The summed E-state index contributed by atoms with van der Waals surface area (Å²) in [5.74, 6) is -0.684. The van der Waals surface area contributed by atoms with E-state index in [2.05, 4.69) is 21.2 Å². The number of aryl methyl sites for hydroxylation is 1. The van der Waals surface area contributed by atoms with E-state index >= 15 is 0 Å². The molecule has 0 aliphatic carbocycles. The van der Waals surface area contributed by atoms with Crippen molar-refractivity contribution in [3.05, 3.63) is 29.6 Å². The Hall–Kier alpha value is -0.900. The second-order valence-electron chi connectivity index (χ2n) is 3.86. The van der Waals surface area contributed by atoms with Crippen LogP contribution in [0.25, 0.3) is 0 Å². The van der Waals surface area contributed by atoms with Crippen molar-refractivity contribution in [3.8, 4) is 0 Å². The highest BCUT2D eigenvalue weighted by Crippen LogP contribution is 2.23. The molecule has 1 rings (SSSR count). The van der Waals surface area contributed by atoms with E-state index in [1.54, 1.807) is 32.9 Å². The molecule has 2 nitrogen and oxygen atoms in total. The minimum absolute atomic E-state index is 0.245. The van der Waals surface area contributed by atoms with Crippen LogP contribution in [0.5, 0.6) is 0 Å². The Kier molecular flexibility index (Phi) is 3.50. The lowest BCUT2D eigenvalue weighted by Gasteiger charge is -2.17. The fourth-order valence-corrected chi connectivity index (χ4v) is 1.15. The molecule has 4 heteroatoms. The molecule has 1 aromatic rings. The van der Waals surface area contributed by atoms with Gasteiger partial charge in [-0.05, 0) is 32.4 Å². The van der Waals surface area contributed by atoms with Gasteiger partial charge in [-0.1, -0.05) is 28.1 Å². The number of carbonyl (C=O) groups excluding carboxylic acids is 1. The molecule has 1 N–H and O–H groups in total. The van der Waals surface area contributed by atoms with E-state index in [1.807, 2.05) is 0 Å². The highest BCUT2D eigenvalue weighted by molar-refractivity contribution is 9.10. The third kappa shape index (κ3) is 3.02. The Labute approximate surface area is 97.0 Å². The number of carbonyl (C=O) groups is 1. The van der Waals surface area contributed by atoms with Gasteiger partial charge in [-0.25, -0.2) is 4.39 Å². The maximum Gasteiger partial charge on any atom is 0.240 e. The van der Waals surface area contributed by atoms with Crippen LogP contribution in [0.3, 0.4) is 0 Å². The third-order valence-electron chi connectivity index (χ3n) is 2.00. The van der Waals surface area contributed by atoms with E-state index in [1.165, 1.54) is 6.07 Å². The molecule has 0 aromatic heterocycles. The summed E-state index contributed by atoms with van der Waals surface area (Å²) in [5, 5.41) is 2.56. The normalized spacial score (nSPS) is 11.3. The first-order valence-electron chi connectivity index (χ1n) is 4.58. The average molecular weight is 274 g/mol. The average Bonchev–Trinajstić information content (AvgIpc) is 2.09. The lowest BCUT2D eigenvalue weighted by atomic mass is 10.1. The molecule has 0 heterocycles. The van der Waals surface area contributed by atoms with Gasteiger partial charge in [0.25, 0.3) is 0 Å². The number of amides is 1. The summed E-state index contributed by atoms with van der Waals surface area (Å²) in [7, 11) is 0. The summed E-state index contributed by atoms with van der Waals surface area (Å²) in [6.07, 6.45) is 0. The van der Waals surface area contributed by atoms with Crippen LogP contribution in [0.1, 0.15) is 19.4 Å². The molecule has 0 bridgehead atoms. The molecule has 0 spiro atoms. The van der Waals surface area contributed by atoms with E-state index in [4.69, 9.17) is 0 Å². The van der Waals surface area contributed by atoms with Crippen molar-refractivity contribution in [2.75, 3.05) is 5.32 Å². The van der Waals surface area contributed by atoms with Crippen molar-refractivity contribution in [1.82, 2.24) is 0 Å². The van der Waals surface area contributed by atoms with Crippen LogP contribution in [-0.2, 0) is 4.79 Å². The second-order valence-corrected chi connectivity index (χ2v) is 5.84. The molecule has 0 fully saturated rings. The van der Waals surface area contributed by atoms with Gasteiger partial charge in [-0.2, -0.15) is 0 Å². The molecule has 0 unspecified atom stereocenters. The molecule has 15 heavy (non-hydrogen) atoms. The number of para-hydroxylation sites is 1. The molecular formula is C11H13BrFNO. The van der Waals surface area contributed by atoms with Crippen molar-refractivity contribution in [1.29, 1.82) is 0 Å². The van der Waals surface area contributed by atoms with Crippen molar-refractivity contribution < 1.29 is 9.18 Å². The lowest BCUT2D eigenvalue weighted by Crippen LogP contribution is -2.31. The number of alkyl halides is 1. The van der Waals surface area contributed by atoms with Gasteiger partial charge in [-0.15, -0.1) is 0 Å². The number of benzene rings is 1. The Morgan fingerprint density at radius 2 is 2.07 bits per heavy atom. The molecule has 0 saturated carbocycles. The summed E-state index contributed by atoms with van der Waals surface area (Å²) < 4.78 is 12.7. The van der Waals surface area contributed by atoms with Crippen molar-refractivity contribution in [2.24, 2.45) is 0 Å². The number of anilines is 1. The Morgan fingerprint density at radius 3 is 2.53 bits per heavy atom. The van der Waals surface area contributed by atoms with Crippen molar-refractivity contribution in [3.63, 3.8) is 0 Å². The zero-order valence-corrected chi connectivity index (χ0v) is 10.5. The van der Waals surface area contributed by atoms with Gasteiger partial charge < -0.3 is 5.32 Å². The van der Waals surface area contributed by atoms with Crippen LogP contribution < -0.4 is 5.32 Å². The summed E-state index contributed by atoms with van der Waals surface area (Å²) in [5.41, 5.74) is 0.954. The first kappa shape index (κ1) is 12.2. The van der Waals surface area contributed by atoms with Gasteiger partial charge in [-0.3, -0.25) is 4.79 Å². The second kappa shape index (κ2) is 4.31. The lowest BCUT2D eigenvalue weighted by molar-refractivity contribution is -0.117. The van der Waals surface area contributed by atoms with Crippen molar-refractivity contribution in [2.45, 2.75) is 25.1 Å². The maximum atomic E-state index is 13.4. The number of nitrogens with one attached hydrogen (secondary N) is 1. The molecule has 0 radical (unpaired) electrons. The van der Waals surface area contributed by atoms with E-state index in [0.29, 0.717) is 5.56 Å². The monoisotopic (exact) mass is 273 g/mol. The first-order chi connectivity index (χ1) is 6.82. The molecule has 0 saturated heterocycles. The fraction of sp³-hybridized carbons (Fsp3) is 0.364. The fourth-order valence-electron chi connectivity index (χ4n) is 1.05. The number of hydrogen-bond acceptors (Lipinski definition) is 1. The number of halogens is 2. The maximum absolute atomic E-state index is 13.4. The zero-order chi connectivity index (χ0) is 11.6. The summed E-state index contributed by atoms with van der Waals surface area (Å²) >= 11 is 3.22. The van der Waals surface area contributed by atoms with Crippen LogP contribution in [0.15, 0.2) is 18.2 Å². The summed E-state index contributed by atoms with van der Waals surface area (Å²) in [6, 6.07) is 4.68. The molecule has 0 atom stereocenters. The Balaban J connectivity index is 2.95. The largest absolute Gasteiger partial charge is 0.322 e. The van der Waals surface area contributed by atoms with Gasteiger partial charge in [0.2, 0.25) is 5.91 Å². The highest BCUT2D eigenvalue weighted by atomic mass is 79.9. The van der Waals surface area contributed by atoms with Gasteiger partial charge in [0.05, 0.1) is 10.0 Å². The summed E-state index contributed by atoms with van der Waals surface area (Å²) in [4.78, 5) is 11.6. The van der Waals surface area contributed by atoms with E-state index in [-0.39, 0.29) is 11.6 Å². The SMILES string of the molecule is Cc1cccc(F)c1NC(=O)C(C)(C)Br. The molecule has 1 amide bonds. The van der Waals surface area contributed by atoms with E-state index in [0.717, 1.165) is 0 Å². The van der Waals surface area contributed by atoms with E-state index < -0.39 is 10.1 Å². The first-order valence-corrected chi connectivity index (χ1v) is 5.37. The van der Waals surface area contributed by atoms with Gasteiger partial charge >= 0.3 is 0 Å². The predicted molar refractivity (Wildman–Crippen MR) is 62.8 cm³/mol. The summed E-state index contributed by atoms with van der Waals surface area (Å²) in [6.45, 7) is 5.16. The molecule has 0 aliphatic heterocycles. The van der Waals surface area contributed by atoms with Crippen LogP contribution >= 0.6 is 15.9 Å². The van der Waals surface area contributed by atoms with Crippen LogP contribution in [0.4, 0.5) is 10.1 Å². The van der Waals surface area contributed by atoms with Crippen LogP contribution in [0.2, 0.25) is 0 Å². The minimum atomic E-state index is -0.707. The van der Waals surface area contributed by atoms with Crippen molar-refractivity contribution >= 4 is 27.5 Å². The van der Waals surface area contributed by atoms with Gasteiger partial charge in [0.15, 0.2) is 0 Å². The Morgan fingerprint density at radius 1 is 1.47 bits per heavy atom. The standard InChI is InChI=1S/C11H13BrFNO/c1-7-5-4-6-8(13)9(7)14-10(15)11(2,3)12/h4-6H,1-3H3,(H,14,15). The molecule has 1 aromatic carbocycles. The molecular weight excluding hydrogens is 261 g/mol. The van der Waals surface area contributed by atoms with Gasteiger partial charge in [0, 0.05) is 0 Å². The quantitative estimate of drug-likeness (QED) is 0.824. The van der Waals surface area contributed by atoms with Gasteiger partial charge in [0.1, 0.15) is 5.82 Å². The predicted octanol–water partition coefficient (Wildman–Crippen LogP) is 3.25. The number of rotatable bonds is 2. The smallest absolute Gasteiger partial charge is 0.240 e. The number of hydrogen-bond donors (Lipinski definition) is 1.